The topological polar surface area (TPSA) is 69.0 Å². The van der Waals surface area contributed by atoms with Crippen molar-refractivity contribution in [1.29, 1.82) is 0 Å². The maximum Gasteiger partial charge on any atom is 0.234 e. The summed E-state index contributed by atoms with van der Waals surface area (Å²) in [4.78, 5) is 12.5. The molecule has 4 rings (SSSR count). The fraction of sp³-hybridized carbons (Fsp3) is 0.174. The smallest absolute Gasteiger partial charge is 0.234 e. The lowest BCUT2D eigenvalue weighted by atomic mass is 10.1. The van der Waals surface area contributed by atoms with Gasteiger partial charge in [-0.1, -0.05) is 66.4 Å². The molecule has 152 valence electrons. The van der Waals surface area contributed by atoms with Crippen LogP contribution in [0.5, 0.6) is 5.75 Å². The van der Waals surface area contributed by atoms with E-state index in [-0.39, 0.29) is 17.8 Å². The highest BCUT2D eigenvalue weighted by molar-refractivity contribution is 7.99. The Hall–Kier alpha value is -3.32. The number of carbonyl (C=O) groups excluding carboxylic acids is 1. The van der Waals surface area contributed by atoms with Gasteiger partial charge in [-0.15, -0.1) is 10.2 Å². The van der Waals surface area contributed by atoms with E-state index >= 15 is 0 Å². The van der Waals surface area contributed by atoms with Crippen LogP contribution in [0.1, 0.15) is 18.9 Å². The summed E-state index contributed by atoms with van der Waals surface area (Å²) in [6.45, 7) is 1.93. The zero-order valence-corrected chi connectivity index (χ0v) is 17.6. The van der Waals surface area contributed by atoms with Gasteiger partial charge in [0.25, 0.3) is 0 Å². The molecular formula is C23H22N4O2S. The van der Waals surface area contributed by atoms with Crippen molar-refractivity contribution in [2.75, 3.05) is 11.1 Å². The van der Waals surface area contributed by atoms with E-state index in [1.54, 1.807) is 0 Å². The molecule has 0 radical (unpaired) electrons. The van der Waals surface area contributed by atoms with E-state index in [0.717, 1.165) is 22.2 Å². The SMILES string of the molecule is CC(Oc1ccccc1)c1nnc(SCC(=O)Nc2cccc3ccccc23)n1C. The number of nitrogens with one attached hydrogen (secondary N) is 1. The van der Waals surface area contributed by atoms with Gasteiger partial charge < -0.3 is 14.6 Å². The second-order valence-corrected chi connectivity index (χ2v) is 7.78. The number of fused-ring (bicyclic) bond motifs is 1. The lowest BCUT2D eigenvalue weighted by Crippen LogP contribution is -2.15. The van der Waals surface area contributed by atoms with Crippen LogP contribution in [0.4, 0.5) is 5.69 Å². The fourth-order valence-electron chi connectivity index (χ4n) is 3.21. The molecule has 7 heteroatoms. The molecule has 0 fully saturated rings. The molecule has 1 aromatic heterocycles. The summed E-state index contributed by atoms with van der Waals surface area (Å²) in [6, 6.07) is 23.5. The fourth-order valence-corrected chi connectivity index (χ4v) is 3.93. The third kappa shape index (κ3) is 4.46. The van der Waals surface area contributed by atoms with Crippen molar-refractivity contribution in [3.63, 3.8) is 0 Å². The first-order chi connectivity index (χ1) is 14.6. The summed E-state index contributed by atoms with van der Waals surface area (Å²) < 4.78 is 7.79. The molecule has 0 aliphatic rings. The van der Waals surface area contributed by atoms with Crippen LogP contribution in [-0.2, 0) is 11.8 Å². The number of anilines is 1. The molecule has 0 saturated heterocycles. The number of benzene rings is 3. The van der Waals surface area contributed by atoms with Gasteiger partial charge in [0.15, 0.2) is 17.1 Å². The Morgan fingerprint density at radius 2 is 1.77 bits per heavy atom. The predicted octanol–water partition coefficient (Wildman–Crippen LogP) is 4.84. The number of rotatable bonds is 7. The van der Waals surface area contributed by atoms with Crippen LogP contribution in [0.3, 0.4) is 0 Å². The first-order valence-corrected chi connectivity index (χ1v) is 10.6. The summed E-state index contributed by atoms with van der Waals surface area (Å²) in [5.74, 6) is 1.63. The molecule has 1 heterocycles. The molecule has 0 bridgehead atoms. The molecule has 4 aromatic rings. The normalized spacial score (nSPS) is 11.9. The minimum Gasteiger partial charge on any atom is -0.483 e. The van der Waals surface area contributed by atoms with E-state index in [0.29, 0.717) is 11.0 Å². The third-order valence-electron chi connectivity index (χ3n) is 4.68. The number of para-hydroxylation sites is 1. The van der Waals surface area contributed by atoms with Crippen LogP contribution in [-0.4, -0.2) is 26.4 Å². The van der Waals surface area contributed by atoms with Crippen molar-refractivity contribution in [3.8, 4) is 5.75 Å². The van der Waals surface area contributed by atoms with Crippen molar-refractivity contribution < 1.29 is 9.53 Å². The van der Waals surface area contributed by atoms with Crippen molar-refractivity contribution in [1.82, 2.24) is 14.8 Å². The molecule has 6 nitrogen and oxygen atoms in total. The van der Waals surface area contributed by atoms with Gasteiger partial charge in [-0.25, -0.2) is 0 Å². The third-order valence-corrected chi connectivity index (χ3v) is 5.70. The Bertz CT molecular complexity index is 1160. The first-order valence-electron chi connectivity index (χ1n) is 9.63. The average molecular weight is 419 g/mol. The minimum atomic E-state index is -0.260. The van der Waals surface area contributed by atoms with Crippen molar-refractivity contribution >= 4 is 34.1 Å². The van der Waals surface area contributed by atoms with E-state index in [1.807, 2.05) is 91.3 Å². The summed E-state index contributed by atoms with van der Waals surface area (Å²) in [7, 11) is 1.88. The number of aromatic nitrogens is 3. The van der Waals surface area contributed by atoms with Crippen LogP contribution in [0.25, 0.3) is 10.8 Å². The number of hydrogen-bond donors (Lipinski definition) is 1. The van der Waals surface area contributed by atoms with Crippen LogP contribution in [0.15, 0.2) is 78.0 Å². The van der Waals surface area contributed by atoms with E-state index in [1.165, 1.54) is 11.8 Å². The molecule has 1 atom stereocenters. The van der Waals surface area contributed by atoms with Gasteiger partial charge in [-0.3, -0.25) is 4.79 Å². The molecule has 3 aromatic carbocycles. The molecule has 0 aliphatic carbocycles. The number of nitrogens with zero attached hydrogens (tertiary/aromatic N) is 3. The monoisotopic (exact) mass is 418 g/mol. The lowest BCUT2D eigenvalue weighted by Gasteiger charge is -2.14. The average Bonchev–Trinajstić information content (AvgIpc) is 3.14. The summed E-state index contributed by atoms with van der Waals surface area (Å²) in [6.07, 6.45) is -0.260. The Morgan fingerprint density at radius 1 is 1.03 bits per heavy atom. The largest absolute Gasteiger partial charge is 0.483 e. The van der Waals surface area contributed by atoms with Gasteiger partial charge in [0.2, 0.25) is 5.91 Å². The predicted molar refractivity (Wildman–Crippen MR) is 120 cm³/mol. The van der Waals surface area contributed by atoms with Gasteiger partial charge in [0.05, 0.1) is 5.75 Å². The molecule has 0 aliphatic heterocycles. The number of thioether (sulfide) groups is 1. The molecule has 30 heavy (non-hydrogen) atoms. The highest BCUT2D eigenvalue weighted by Crippen LogP contribution is 2.25. The number of hydrogen-bond acceptors (Lipinski definition) is 5. The highest BCUT2D eigenvalue weighted by atomic mass is 32.2. The van der Waals surface area contributed by atoms with Gasteiger partial charge in [0.1, 0.15) is 5.75 Å². The molecule has 1 unspecified atom stereocenters. The number of amides is 1. The van der Waals surface area contributed by atoms with E-state index in [9.17, 15) is 4.79 Å². The van der Waals surface area contributed by atoms with Crippen molar-refractivity contribution in [2.24, 2.45) is 7.05 Å². The number of carbonyl (C=O) groups is 1. The standard InChI is InChI=1S/C23H22N4O2S/c1-16(29-18-11-4-3-5-12-18)22-25-26-23(27(22)2)30-15-21(28)24-20-14-8-10-17-9-6-7-13-19(17)20/h3-14,16H,15H2,1-2H3,(H,24,28). The van der Waals surface area contributed by atoms with Crippen molar-refractivity contribution in [3.05, 3.63) is 78.6 Å². The molecule has 0 spiro atoms. The zero-order chi connectivity index (χ0) is 20.9. The second kappa shape index (κ2) is 9.00. The van der Waals surface area contributed by atoms with Crippen LogP contribution in [0.2, 0.25) is 0 Å². The Balaban J connectivity index is 1.38. The summed E-state index contributed by atoms with van der Waals surface area (Å²) in [5.41, 5.74) is 0.808. The Kier molecular flexibility index (Phi) is 5.99. The molecule has 1 amide bonds. The van der Waals surface area contributed by atoms with E-state index in [2.05, 4.69) is 15.5 Å². The maximum atomic E-state index is 12.5. The number of ether oxygens (including phenoxy) is 1. The van der Waals surface area contributed by atoms with Crippen LogP contribution < -0.4 is 10.1 Å². The van der Waals surface area contributed by atoms with Gasteiger partial charge >= 0.3 is 0 Å². The van der Waals surface area contributed by atoms with E-state index in [4.69, 9.17) is 4.74 Å². The van der Waals surface area contributed by atoms with Gasteiger partial charge in [-0.2, -0.15) is 0 Å². The van der Waals surface area contributed by atoms with Gasteiger partial charge in [-0.05, 0) is 30.5 Å². The van der Waals surface area contributed by atoms with Crippen molar-refractivity contribution in [2.45, 2.75) is 18.2 Å². The molecular weight excluding hydrogens is 396 g/mol. The second-order valence-electron chi connectivity index (χ2n) is 6.84. The molecule has 1 N–H and O–H groups in total. The zero-order valence-electron chi connectivity index (χ0n) is 16.8. The summed E-state index contributed by atoms with van der Waals surface area (Å²) >= 11 is 1.35. The van der Waals surface area contributed by atoms with E-state index < -0.39 is 0 Å². The Morgan fingerprint density at radius 3 is 2.60 bits per heavy atom. The molecule has 0 saturated carbocycles. The van der Waals surface area contributed by atoms with Crippen LogP contribution >= 0.6 is 11.8 Å². The summed E-state index contributed by atoms with van der Waals surface area (Å²) in [5, 5.41) is 14.2. The quantitative estimate of drug-likeness (QED) is 0.435. The van der Waals surface area contributed by atoms with Crippen LogP contribution in [0, 0.1) is 0 Å². The first kappa shape index (κ1) is 20.0. The minimum absolute atomic E-state index is 0.0884. The highest BCUT2D eigenvalue weighted by Gasteiger charge is 2.18. The lowest BCUT2D eigenvalue weighted by molar-refractivity contribution is -0.113. The Labute approximate surface area is 179 Å². The maximum absolute atomic E-state index is 12.5. The van der Waals surface area contributed by atoms with Gasteiger partial charge in [0, 0.05) is 18.1 Å².